The Bertz CT molecular complexity index is 670. The molecule has 24 heavy (non-hydrogen) atoms. The van der Waals surface area contributed by atoms with Crippen LogP contribution in [-0.2, 0) is 4.79 Å². The molecule has 0 aliphatic heterocycles. The van der Waals surface area contributed by atoms with E-state index in [2.05, 4.69) is 19.2 Å². The van der Waals surface area contributed by atoms with Crippen LogP contribution in [0.2, 0.25) is 0 Å². The summed E-state index contributed by atoms with van der Waals surface area (Å²) in [7, 11) is 0. The van der Waals surface area contributed by atoms with Gasteiger partial charge in [-0.1, -0.05) is 13.8 Å². The highest BCUT2D eigenvalue weighted by atomic mass is 32.2. The Hall–Kier alpha value is -2.09. The fourth-order valence-corrected chi connectivity index (χ4v) is 3.39. The molecule has 0 radical (unpaired) electrons. The highest BCUT2D eigenvalue weighted by Crippen LogP contribution is 2.36. The first-order valence-corrected chi connectivity index (χ1v) is 8.71. The summed E-state index contributed by atoms with van der Waals surface area (Å²) in [6.45, 7) is 4.16. The van der Waals surface area contributed by atoms with Crippen LogP contribution in [0.3, 0.4) is 0 Å². The second kappa shape index (κ2) is 7.21. The van der Waals surface area contributed by atoms with Crippen LogP contribution in [0.5, 0.6) is 0 Å². The topological polar surface area (TPSA) is 110 Å². The van der Waals surface area contributed by atoms with E-state index in [1.807, 2.05) is 0 Å². The summed E-state index contributed by atoms with van der Waals surface area (Å²) < 4.78 is 0. The molecule has 0 bridgehead atoms. The first-order chi connectivity index (χ1) is 11.2. The largest absolute Gasteiger partial charge is 0.480 e. The number of aliphatic carboxylic acids is 1. The number of carbonyl (C=O) groups excluding carboxylic acids is 1. The number of carboxylic acids is 1. The summed E-state index contributed by atoms with van der Waals surface area (Å²) in [5.41, 5.74) is -1.24. The van der Waals surface area contributed by atoms with Crippen molar-refractivity contribution in [3.05, 3.63) is 33.9 Å². The predicted octanol–water partition coefficient (Wildman–Crippen LogP) is 3.08. The van der Waals surface area contributed by atoms with Gasteiger partial charge >= 0.3 is 5.97 Å². The summed E-state index contributed by atoms with van der Waals surface area (Å²) in [4.78, 5) is 34.6. The third-order valence-electron chi connectivity index (χ3n) is 3.88. The normalized spacial score (nSPS) is 15.1. The Labute approximate surface area is 144 Å². The molecule has 1 aromatic carbocycles. The molecule has 1 aliphatic carbocycles. The van der Waals surface area contributed by atoms with E-state index in [-0.39, 0.29) is 11.3 Å². The summed E-state index contributed by atoms with van der Waals surface area (Å²) >= 11 is 1.39. The second-order valence-corrected chi connectivity index (χ2v) is 7.45. The van der Waals surface area contributed by atoms with Crippen molar-refractivity contribution < 1.29 is 19.6 Å². The Morgan fingerprint density at radius 2 is 2.08 bits per heavy atom. The molecule has 1 saturated carbocycles. The van der Waals surface area contributed by atoms with Crippen molar-refractivity contribution in [3.8, 4) is 0 Å². The number of rotatable bonds is 8. The van der Waals surface area contributed by atoms with E-state index in [0.29, 0.717) is 23.7 Å². The fourth-order valence-electron chi connectivity index (χ4n) is 2.13. The number of hydrogen-bond acceptors (Lipinski definition) is 5. The van der Waals surface area contributed by atoms with Gasteiger partial charge in [0.05, 0.1) is 9.82 Å². The molecule has 130 valence electrons. The van der Waals surface area contributed by atoms with E-state index in [1.54, 1.807) is 6.07 Å². The minimum atomic E-state index is -1.21. The summed E-state index contributed by atoms with van der Waals surface area (Å²) in [6.07, 6.45) is 1.68. The fraction of sp³-hybridized carbons (Fsp3) is 0.500. The van der Waals surface area contributed by atoms with Crippen LogP contribution in [0.1, 0.15) is 43.5 Å². The monoisotopic (exact) mass is 352 g/mol. The number of nitro groups is 1. The maximum atomic E-state index is 12.2. The molecule has 1 aromatic rings. The molecular formula is C16H20N2O5S. The molecule has 7 nitrogen and oxygen atoms in total. The molecule has 1 aliphatic rings. The number of nitrogens with one attached hydrogen (secondary N) is 1. The van der Waals surface area contributed by atoms with E-state index in [9.17, 15) is 19.7 Å². The van der Waals surface area contributed by atoms with E-state index in [4.69, 9.17) is 5.11 Å². The van der Waals surface area contributed by atoms with Crippen LogP contribution in [-0.4, -0.2) is 33.2 Å². The van der Waals surface area contributed by atoms with Crippen LogP contribution in [0, 0.1) is 16.0 Å². The number of carbonyl (C=O) groups is 2. The van der Waals surface area contributed by atoms with E-state index < -0.39 is 22.3 Å². The Kier molecular flexibility index (Phi) is 5.48. The molecule has 0 heterocycles. The van der Waals surface area contributed by atoms with Gasteiger partial charge in [-0.15, -0.1) is 11.8 Å². The number of nitro benzene ring substituents is 1. The maximum Gasteiger partial charge on any atom is 0.329 e. The van der Waals surface area contributed by atoms with Crippen molar-refractivity contribution in [1.29, 1.82) is 0 Å². The van der Waals surface area contributed by atoms with Gasteiger partial charge in [-0.2, -0.15) is 0 Å². The number of amides is 1. The van der Waals surface area contributed by atoms with Gasteiger partial charge in [-0.25, -0.2) is 4.79 Å². The summed E-state index contributed by atoms with van der Waals surface area (Å²) in [5, 5.41) is 22.8. The lowest BCUT2D eigenvalue weighted by Crippen LogP contribution is -2.43. The van der Waals surface area contributed by atoms with Gasteiger partial charge in [0.1, 0.15) is 5.54 Å². The minimum Gasteiger partial charge on any atom is -0.480 e. The predicted molar refractivity (Wildman–Crippen MR) is 90.3 cm³/mol. The third kappa shape index (κ3) is 4.25. The van der Waals surface area contributed by atoms with Gasteiger partial charge in [0.15, 0.2) is 0 Å². The van der Waals surface area contributed by atoms with Crippen molar-refractivity contribution in [2.75, 3.05) is 5.75 Å². The molecule has 2 N–H and O–H groups in total. The molecule has 0 spiro atoms. The van der Waals surface area contributed by atoms with Crippen LogP contribution in [0.25, 0.3) is 0 Å². The quantitative estimate of drug-likeness (QED) is 0.423. The molecule has 0 atom stereocenters. The zero-order valence-corrected chi connectivity index (χ0v) is 14.4. The molecule has 0 saturated heterocycles. The van der Waals surface area contributed by atoms with Crippen molar-refractivity contribution >= 4 is 29.3 Å². The minimum absolute atomic E-state index is 0.0995. The highest BCUT2D eigenvalue weighted by molar-refractivity contribution is 7.99. The van der Waals surface area contributed by atoms with Gasteiger partial charge in [0.25, 0.3) is 11.6 Å². The summed E-state index contributed by atoms with van der Waals surface area (Å²) in [5.74, 6) is -0.415. The zero-order chi connectivity index (χ0) is 17.9. The van der Waals surface area contributed by atoms with Gasteiger partial charge in [0, 0.05) is 11.6 Å². The van der Waals surface area contributed by atoms with Crippen molar-refractivity contribution in [1.82, 2.24) is 5.32 Å². The number of nitrogens with zero attached hydrogens (tertiary/aromatic N) is 1. The molecule has 1 fully saturated rings. The molecule has 0 aromatic heterocycles. The van der Waals surface area contributed by atoms with E-state index >= 15 is 0 Å². The zero-order valence-electron chi connectivity index (χ0n) is 13.6. The number of hydrogen-bond donors (Lipinski definition) is 2. The maximum absolute atomic E-state index is 12.2. The highest BCUT2D eigenvalue weighted by Gasteiger charge is 2.51. The first kappa shape index (κ1) is 18.3. The second-order valence-electron chi connectivity index (χ2n) is 6.31. The molecule has 2 rings (SSSR count). The van der Waals surface area contributed by atoms with Gasteiger partial charge < -0.3 is 10.4 Å². The van der Waals surface area contributed by atoms with Crippen LogP contribution in [0.4, 0.5) is 5.69 Å². The smallest absolute Gasteiger partial charge is 0.329 e. The van der Waals surface area contributed by atoms with Gasteiger partial charge in [0.2, 0.25) is 0 Å². The molecule has 0 unspecified atom stereocenters. The lowest BCUT2D eigenvalue weighted by molar-refractivity contribution is -0.387. The van der Waals surface area contributed by atoms with Crippen LogP contribution in [0.15, 0.2) is 23.1 Å². The Morgan fingerprint density at radius 1 is 1.42 bits per heavy atom. The van der Waals surface area contributed by atoms with Crippen molar-refractivity contribution in [2.45, 2.75) is 43.5 Å². The van der Waals surface area contributed by atoms with Crippen LogP contribution < -0.4 is 5.32 Å². The Balaban J connectivity index is 2.14. The van der Waals surface area contributed by atoms with Crippen molar-refractivity contribution in [2.24, 2.45) is 5.92 Å². The SMILES string of the molecule is CC(C)CCSc1ccc(C(=O)NC2(C(=O)O)CC2)cc1[N+](=O)[O-]. The van der Waals surface area contributed by atoms with Gasteiger partial charge in [-0.05, 0) is 43.1 Å². The molecule has 8 heteroatoms. The van der Waals surface area contributed by atoms with E-state index in [1.165, 1.54) is 23.9 Å². The average Bonchev–Trinajstić information content (AvgIpc) is 3.27. The lowest BCUT2D eigenvalue weighted by atomic mass is 10.1. The van der Waals surface area contributed by atoms with E-state index in [0.717, 1.165) is 12.2 Å². The Morgan fingerprint density at radius 3 is 2.58 bits per heavy atom. The lowest BCUT2D eigenvalue weighted by Gasteiger charge is -2.13. The van der Waals surface area contributed by atoms with Crippen molar-refractivity contribution in [3.63, 3.8) is 0 Å². The number of carboxylic acid groups (broad SMARTS) is 1. The average molecular weight is 352 g/mol. The summed E-state index contributed by atoms with van der Waals surface area (Å²) in [6, 6.07) is 4.27. The number of thioether (sulfide) groups is 1. The third-order valence-corrected chi connectivity index (χ3v) is 4.98. The van der Waals surface area contributed by atoms with Gasteiger partial charge in [-0.3, -0.25) is 14.9 Å². The molecule has 1 amide bonds. The molecular weight excluding hydrogens is 332 g/mol. The number of benzene rings is 1. The standard InChI is InChI=1S/C16H20N2O5S/c1-10(2)5-8-24-13-4-3-11(9-12(13)18(22)23)14(19)17-16(6-7-16)15(20)21/h3-4,9-10H,5-8H2,1-2H3,(H,17,19)(H,20,21). The van der Waals surface area contributed by atoms with Crippen LogP contribution >= 0.6 is 11.8 Å². The first-order valence-electron chi connectivity index (χ1n) is 7.72.